The Balaban J connectivity index is 1.09. The van der Waals surface area contributed by atoms with Gasteiger partial charge in [0.15, 0.2) is 0 Å². The van der Waals surface area contributed by atoms with Crippen LogP contribution in [0.15, 0.2) is 229 Å². The zero-order valence-electron chi connectivity index (χ0n) is 34.2. The van der Waals surface area contributed by atoms with Crippen molar-refractivity contribution in [2.45, 2.75) is 5.41 Å². The molecule has 2 aliphatic rings. The van der Waals surface area contributed by atoms with Crippen molar-refractivity contribution in [2.75, 3.05) is 4.90 Å². The Hall–Kier alpha value is -8.20. The molecule has 0 fully saturated rings. The van der Waals surface area contributed by atoms with Crippen molar-refractivity contribution in [3.63, 3.8) is 0 Å². The summed E-state index contributed by atoms with van der Waals surface area (Å²) < 4.78 is 6.34. The van der Waals surface area contributed by atoms with E-state index in [1.165, 1.54) is 76.8 Å². The zero-order valence-corrected chi connectivity index (χ0v) is 34.2. The second kappa shape index (κ2) is 12.9. The van der Waals surface area contributed by atoms with Crippen molar-refractivity contribution < 1.29 is 4.42 Å². The summed E-state index contributed by atoms with van der Waals surface area (Å²) in [5, 5.41) is 9.78. The lowest BCUT2D eigenvalue weighted by atomic mass is 9.70. The third-order valence-electron chi connectivity index (χ3n) is 14.1. The quantitative estimate of drug-likeness (QED) is 0.165. The highest BCUT2D eigenvalue weighted by atomic mass is 16.3. The SMILES string of the molecule is c1ccc(N(c2ccc3c4ccccc4c4ccccc4c3c2)c2cccc3c2-c2ccccc2C32c3ccccc3-c3ccccc32)c(-c2ccc3oc4ccccc4c3c2)c1. The number of benzene rings is 11. The van der Waals surface area contributed by atoms with Gasteiger partial charge in [-0.3, -0.25) is 0 Å². The van der Waals surface area contributed by atoms with Crippen molar-refractivity contribution >= 4 is 71.3 Å². The van der Waals surface area contributed by atoms with Crippen LogP contribution < -0.4 is 4.90 Å². The van der Waals surface area contributed by atoms with Gasteiger partial charge in [0.2, 0.25) is 0 Å². The summed E-state index contributed by atoms with van der Waals surface area (Å²) in [6.07, 6.45) is 0. The topological polar surface area (TPSA) is 16.4 Å². The summed E-state index contributed by atoms with van der Waals surface area (Å²) in [6.45, 7) is 0. The number of rotatable bonds is 4. The smallest absolute Gasteiger partial charge is 0.135 e. The molecule has 1 aromatic heterocycles. The number of hydrogen-bond donors (Lipinski definition) is 0. The summed E-state index contributed by atoms with van der Waals surface area (Å²) >= 11 is 0. The lowest BCUT2D eigenvalue weighted by Crippen LogP contribution is -2.26. The molecule has 0 aliphatic heterocycles. The number of nitrogens with zero attached hydrogens (tertiary/aromatic N) is 1. The normalized spacial score (nSPS) is 13.2. The maximum Gasteiger partial charge on any atom is 0.135 e. The van der Waals surface area contributed by atoms with Crippen LogP contribution in [0, 0.1) is 0 Å². The molecule has 1 heterocycles. The molecule has 0 unspecified atom stereocenters. The predicted molar refractivity (Wildman–Crippen MR) is 263 cm³/mol. The lowest BCUT2D eigenvalue weighted by molar-refractivity contribution is 0.669. The summed E-state index contributed by atoms with van der Waals surface area (Å²) in [7, 11) is 0. The van der Waals surface area contributed by atoms with E-state index in [0.29, 0.717) is 0 Å². The maximum absolute atomic E-state index is 6.34. The van der Waals surface area contributed by atoms with E-state index in [4.69, 9.17) is 4.42 Å². The third kappa shape index (κ3) is 4.62. The van der Waals surface area contributed by atoms with E-state index >= 15 is 0 Å². The molecule has 2 nitrogen and oxygen atoms in total. The molecule has 2 heteroatoms. The standard InChI is InChI=1S/C61H37NO/c1-2-19-43-41(17-1)42-18-3-4-20-44(42)50-37-39(33-34-45(43)50)62(56-29-13-8-16-40(56)38-32-35-59-51(36-38)48-23-9-14-31-58(48)63-59)57-30-15-28-55-60(57)49-24-7-12-27-54(49)61(55)52-25-10-5-21-46(52)47-22-6-11-26-53(47)61/h1-37H. The summed E-state index contributed by atoms with van der Waals surface area (Å²) in [4.78, 5) is 2.54. The van der Waals surface area contributed by atoms with Crippen molar-refractivity contribution in [2.24, 2.45) is 0 Å². The molecule has 63 heavy (non-hydrogen) atoms. The lowest BCUT2D eigenvalue weighted by Gasteiger charge is -2.32. The van der Waals surface area contributed by atoms with Gasteiger partial charge in [-0.1, -0.05) is 182 Å². The van der Waals surface area contributed by atoms with Crippen molar-refractivity contribution in [1.29, 1.82) is 0 Å². The molecule has 12 aromatic rings. The molecule has 0 amide bonds. The molecule has 0 radical (unpaired) electrons. The monoisotopic (exact) mass is 799 g/mol. The van der Waals surface area contributed by atoms with Crippen LogP contribution in [0.3, 0.4) is 0 Å². The van der Waals surface area contributed by atoms with E-state index in [-0.39, 0.29) is 0 Å². The molecule has 0 N–H and O–H groups in total. The molecule has 292 valence electrons. The third-order valence-corrected chi connectivity index (χ3v) is 14.1. The van der Waals surface area contributed by atoms with E-state index in [1.807, 2.05) is 6.07 Å². The van der Waals surface area contributed by atoms with Gasteiger partial charge in [0, 0.05) is 27.6 Å². The predicted octanol–water partition coefficient (Wildman–Crippen LogP) is 16.5. The summed E-state index contributed by atoms with van der Waals surface area (Å²) in [5.74, 6) is 0. The Morgan fingerprint density at radius 3 is 1.49 bits per heavy atom. The Bertz CT molecular complexity index is 3810. The number of furan rings is 1. The Morgan fingerprint density at radius 2 is 0.794 bits per heavy atom. The van der Waals surface area contributed by atoms with Gasteiger partial charge >= 0.3 is 0 Å². The molecule has 0 saturated carbocycles. The average Bonchev–Trinajstić information content (AvgIpc) is 3.99. The Morgan fingerprint density at radius 1 is 0.302 bits per heavy atom. The molecule has 14 rings (SSSR count). The molecule has 1 spiro atoms. The fourth-order valence-corrected chi connectivity index (χ4v) is 11.6. The van der Waals surface area contributed by atoms with E-state index in [9.17, 15) is 0 Å². The van der Waals surface area contributed by atoms with Gasteiger partial charge in [0.1, 0.15) is 11.2 Å². The van der Waals surface area contributed by atoms with Gasteiger partial charge in [0.25, 0.3) is 0 Å². The molecule has 11 aromatic carbocycles. The zero-order chi connectivity index (χ0) is 41.2. The van der Waals surface area contributed by atoms with Gasteiger partial charge < -0.3 is 9.32 Å². The molecule has 0 saturated heterocycles. The van der Waals surface area contributed by atoms with Gasteiger partial charge in [0.05, 0.1) is 16.8 Å². The largest absolute Gasteiger partial charge is 0.456 e. The number of hydrogen-bond acceptors (Lipinski definition) is 2. The highest BCUT2D eigenvalue weighted by Crippen LogP contribution is 2.65. The highest BCUT2D eigenvalue weighted by molar-refractivity contribution is 6.26. The number of anilines is 3. The summed E-state index contributed by atoms with van der Waals surface area (Å²) in [5.41, 5.74) is 17.4. The van der Waals surface area contributed by atoms with E-state index in [0.717, 1.165) is 50.1 Å². The Labute approximate surface area is 364 Å². The van der Waals surface area contributed by atoms with Crippen molar-refractivity contribution in [3.05, 3.63) is 247 Å². The van der Waals surface area contributed by atoms with E-state index in [1.54, 1.807) is 0 Å². The van der Waals surface area contributed by atoms with Crippen LogP contribution in [0.4, 0.5) is 17.1 Å². The first-order valence-electron chi connectivity index (χ1n) is 21.8. The maximum atomic E-state index is 6.34. The van der Waals surface area contributed by atoms with E-state index in [2.05, 4.69) is 223 Å². The molecular formula is C61H37NO. The molecule has 2 aliphatic carbocycles. The van der Waals surface area contributed by atoms with Crippen LogP contribution in [-0.2, 0) is 5.41 Å². The van der Waals surface area contributed by atoms with Gasteiger partial charge in [-0.15, -0.1) is 0 Å². The first kappa shape index (κ1) is 34.5. The second-order valence-electron chi connectivity index (χ2n) is 17.1. The highest BCUT2D eigenvalue weighted by Gasteiger charge is 2.52. The van der Waals surface area contributed by atoms with Crippen LogP contribution in [0.5, 0.6) is 0 Å². The first-order chi connectivity index (χ1) is 31.3. The van der Waals surface area contributed by atoms with Gasteiger partial charge in [-0.25, -0.2) is 0 Å². The minimum atomic E-state index is -0.466. The number of para-hydroxylation sites is 2. The first-order valence-corrected chi connectivity index (χ1v) is 21.8. The average molecular weight is 800 g/mol. The number of fused-ring (bicyclic) bond motifs is 19. The van der Waals surface area contributed by atoms with Crippen LogP contribution in [0.25, 0.3) is 87.6 Å². The minimum absolute atomic E-state index is 0.466. The molecule has 0 atom stereocenters. The molecule has 0 bridgehead atoms. The van der Waals surface area contributed by atoms with Gasteiger partial charge in [-0.05, 0) is 119 Å². The van der Waals surface area contributed by atoms with Crippen LogP contribution in [-0.4, -0.2) is 0 Å². The Kier molecular flexibility index (Phi) is 7.07. The fraction of sp³-hybridized carbons (Fsp3) is 0.0164. The molecular weight excluding hydrogens is 763 g/mol. The van der Waals surface area contributed by atoms with Crippen molar-refractivity contribution in [3.8, 4) is 33.4 Å². The van der Waals surface area contributed by atoms with Crippen LogP contribution in [0.2, 0.25) is 0 Å². The summed E-state index contributed by atoms with van der Waals surface area (Å²) in [6, 6.07) is 83.0. The minimum Gasteiger partial charge on any atom is -0.456 e. The van der Waals surface area contributed by atoms with Crippen molar-refractivity contribution in [1.82, 2.24) is 0 Å². The van der Waals surface area contributed by atoms with Crippen LogP contribution in [0.1, 0.15) is 22.3 Å². The van der Waals surface area contributed by atoms with Crippen LogP contribution >= 0.6 is 0 Å². The fourth-order valence-electron chi connectivity index (χ4n) is 11.6. The second-order valence-corrected chi connectivity index (χ2v) is 17.1. The van der Waals surface area contributed by atoms with E-state index < -0.39 is 5.41 Å². The van der Waals surface area contributed by atoms with Gasteiger partial charge in [-0.2, -0.15) is 0 Å².